The summed E-state index contributed by atoms with van der Waals surface area (Å²) in [6.07, 6.45) is 3.49. The van der Waals surface area contributed by atoms with Crippen molar-refractivity contribution >= 4 is 17.7 Å². The normalized spacial score (nSPS) is 11.2. The molecular formula is C15H28N4S. The van der Waals surface area contributed by atoms with Gasteiger partial charge in [0.15, 0.2) is 0 Å². The number of thioether (sulfide) groups is 1. The minimum Gasteiger partial charge on any atom is -0.347 e. The number of nitrogens with zero attached hydrogens (tertiary/aromatic N) is 4. The molecule has 0 aliphatic heterocycles. The summed E-state index contributed by atoms with van der Waals surface area (Å²) in [6, 6.07) is 0. The van der Waals surface area contributed by atoms with Gasteiger partial charge in [-0.1, -0.05) is 13.3 Å². The molecule has 0 aliphatic rings. The van der Waals surface area contributed by atoms with Crippen LogP contribution in [0.5, 0.6) is 0 Å². The fourth-order valence-corrected chi connectivity index (χ4v) is 3.06. The highest BCUT2D eigenvalue weighted by molar-refractivity contribution is 7.99. The summed E-state index contributed by atoms with van der Waals surface area (Å²) in [7, 11) is 8.20. The molecule has 114 valence electrons. The average Bonchev–Trinajstić information content (AvgIpc) is 2.36. The number of hydrogen-bond donors (Lipinski definition) is 0. The van der Waals surface area contributed by atoms with Crippen LogP contribution in [0.15, 0.2) is 5.03 Å². The summed E-state index contributed by atoms with van der Waals surface area (Å²) in [5.41, 5.74) is 2.46. The van der Waals surface area contributed by atoms with Crippen molar-refractivity contribution in [2.45, 2.75) is 38.1 Å². The van der Waals surface area contributed by atoms with E-state index in [-0.39, 0.29) is 0 Å². The third-order valence-corrected chi connectivity index (χ3v) is 4.12. The maximum absolute atomic E-state index is 4.74. The van der Waals surface area contributed by atoms with Gasteiger partial charge in [0.25, 0.3) is 0 Å². The summed E-state index contributed by atoms with van der Waals surface area (Å²) in [4.78, 5) is 13.5. The molecule has 4 nitrogen and oxygen atoms in total. The summed E-state index contributed by atoms with van der Waals surface area (Å²) < 4.78 is 0. The minimum atomic E-state index is 0.815. The quantitative estimate of drug-likeness (QED) is 0.544. The first kappa shape index (κ1) is 17.2. The van der Waals surface area contributed by atoms with Crippen LogP contribution in [0, 0.1) is 6.92 Å². The first-order chi connectivity index (χ1) is 9.45. The van der Waals surface area contributed by atoms with Gasteiger partial charge < -0.3 is 9.80 Å². The van der Waals surface area contributed by atoms with Crippen LogP contribution in [0.1, 0.15) is 31.0 Å². The van der Waals surface area contributed by atoms with Gasteiger partial charge in [-0.15, -0.1) is 11.8 Å². The van der Waals surface area contributed by atoms with Gasteiger partial charge in [0.1, 0.15) is 5.03 Å². The lowest BCUT2D eigenvalue weighted by molar-refractivity contribution is 0.437. The second-order valence-electron chi connectivity index (χ2n) is 5.54. The van der Waals surface area contributed by atoms with E-state index in [1.165, 1.54) is 18.4 Å². The average molecular weight is 296 g/mol. The number of hydrogen-bond acceptors (Lipinski definition) is 5. The largest absolute Gasteiger partial charge is 0.347 e. The van der Waals surface area contributed by atoms with Gasteiger partial charge in [-0.05, 0) is 33.9 Å². The van der Waals surface area contributed by atoms with E-state index in [2.05, 4.69) is 37.8 Å². The van der Waals surface area contributed by atoms with Crippen LogP contribution in [0.25, 0.3) is 0 Å². The zero-order valence-electron chi connectivity index (χ0n) is 13.7. The molecule has 5 heteroatoms. The minimum absolute atomic E-state index is 0.815. The first-order valence-corrected chi connectivity index (χ1v) is 8.26. The number of rotatable bonds is 8. The van der Waals surface area contributed by atoms with Gasteiger partial charge in [-0.3, -0.25) is 0 Å². The predicted octanol–water partition coefficient (Wildman–Crippen LogP) is 2.85. The highest BCUT2D eigenvalue weighted by Gasteiger charge is 2.13. The third-order valence-electron chi connectivity index (χ3n) is 3.12. The first-order valence-electron chi connectivity index (χ1n) is 7.28. The number of anilines is 1. The monoisotopic (exact) mass is 296 g/mol. The summed E-state index contributed by atoms with van der Waals surface area (Å²) >= 11 is 1.85. The van der Waals surface area contributed by atoms with Crippen molar-refractivity contribution in [3.05, 3.63) is 11.3 Å². The van der Waals surface area contributed by atoms with E-state index in [1.54, 1.807) is 0 Å². The lowest BCUT2D eigenvalue weighted by atomic mass is 10.1. The molecular weight excluding hydrogens is 268 g/mol. The van der Waals surface area contributed by atoms with Gasteiger partial charge in [-0.25, -0.2) is 9.97 Å². The number of unbranched alkanes of at least 4 members (excludes halogenated alkanes) is 1. The van der Waals surface area contributed by atoms with Gasteiger partial charge in [-0.2, -0.15) is 0 Å². The smallest absolute Gasteiger partial charge is 0.226 e. The Kier molecular flexibility index (Phi) is 7.30. The SMILES string of the molecule is CCCCc1c(C)nc(N(C)C)nc1SCCN(C)C. The van der Waals surface area contributed by atoms with E-state index in [0.717, 1.165) is 35.4 Å². The Bertz CT molecular complexity index is 419. The number of aromatic nitrogens is 2. The molecule has 0 amide bonds. The highest BCUT2D eigenvalue weighted by atomic mass is 32.2. The van der Waals surface area contributed by atoms with E-state index in [0.29, 0.717) is 0 Å². The standard InChI is InChI=1S/C15H28N4S/c1-7-8-9-13-12(2)16-15(19(5)6)17-14(13)20-11-10-18(3)4/h7-11H2,1-6H3. The van der Waals surface area contributed by atoms with E-state index in [1.807, 2.05) is 30.8 Å². The molecule has 0 N–H and O–H groups in total. The van der Waals surface area contributed by atoms with Gasteiger partial charge in [0.05, 0.1) is 0 Å². The van der Waals surface area contributed by atoms with Gasteiger partial charge in [0.2, 0.25) is 5.95 Å². The van der Waals surface area contributed by atoms with E-state index in [4.69, 9.17) is 4.98 Å². The Balaban J connectivity index is 2.94. The second-order valence-corrected chi connectivity index (χ2v) is 6.63. The lowest BCUT2D eigenvalue weighted by Gasteiger charge is -2.17. The second kappa shape index (κ2) is 8.47. The molecule has 0 bridgehead atoms. The maximum Gasteiger partial charge on any atom is 0.226 e. The molecule has 0 saturated heterocycles. The Morgan fingerprint density at radius 1 is 1.10 bits per heavy atom. The third kappa shape index (κ3) is 5.29. The molecule has 1 aromatic heterocycles. The van der Waals surface area contributed by atoms with Crippen LogP contribution in [-0.2, 0) is 6.42 Å². The fourth-order valence-electron chi connectivity index (χ4n) is 1.84. The summed E-state index contributed by atoms with van der Waals surface area (Å²) in [6.45, 7) is 5.40. The highest BCUT2D eigenvalue weighted by Crippen LogP contribution is 2.26. The van der Waals surface area contributed by atoms with Crippen LogP contribution in [0.3, 0.4) is 0 Å². The molecule has 1 aromatic rings. The molecule has 1 heterocycles. The van der Waals surface area contributed by atoms with Crippen LogP contribution in [0.4, 0.5) is 5.95 Å². The molecule has 0 radical (unpaired) electrons. The molecule has 0 fully saturated rings. The van der Waals surface area contributed by atoms with Crippen LogP contribution in [-0.4, -0.2) is 55.4 Å². The zero-order valence-corrected chi connectivity index (χ0v) is 14.5. The molecule has 20 heavy (non-hydrogen) atoms. The Hall–Kier alpha value is -0.810. The Morgan fingerprint density at radius 2 is 1.80 bits per heavy atom. The zero-order chi connectivity index (χ0) is 15.1. The van der Waals surface area contributed by atoms with Crippen LogP contribution >= 0.6 is 11.8 Å². The van der Waals surface area contributed by atoms with Crippen molar-refractivity contribution < 1.29 is 0 Å². The molecule has 0 saturated carbocycles. The van der Waals surface area contributed by atoms with E-state index < -0.39 is 0 Å². The maximum atomic E-state index is 4.74. The summed E-state index contributed by atoms with van der Waals surface area (Å²) in [5, 5.41) is 1.16. The van der Waals surface area contributed by atoms with Crippen LogP contribution in [0.2, 0.25) is 0 Å². The molecule has 0 aromatic carbocycles. The Labute approximate surface area is 128 Å². The van der Waals surface area contributed by atoms with Gasteiger partial charge in [0, 0.05) is 37.7 Å². The molecule has 0 spiro atoms. The Morgan fingerprint density at radius 3 is 2.35 bits per heavy atom. The molecule has 0 aliphatic carbocycles. The predicted molar refractivity (Wildman–Crippen MR) is 89.0 cm³/mol. The van der Waals surface area contributed by atoms with E-state index in [9.17, 15) is 0 Å². The van der Waals surface area contributed by atoms with Gasteiger partial charge >= 0.3 is 0 Å². The van der Waals surface area contributed by atoms with Crippen molar-refractivity contribution in [1.82, 2.24) is 14.9 Å². The summed E-state index contributed by atoms with van der Waals surface area (Å²) in [5.74, 6) is 1.88. The van der Waals surface area contributed by atoms with Crippen molar-refractivity contribution in [3.63, 3.8) is 0 Å². The van der Waals surface area contributed by atoms with Crippen LogP contribution < -0.4 is 4.90 Å². The lowest BCUT2D eigenvalue weighted by Crippen LogP contribution is -2.17. The topological polar surface area (TPSA) is 32.3 Å². The molecule has 1 rings (SSSR count). The van der Waals surface area contributed by atoms with Crippen molar-refractivity contribution in [3.8, 4) is 0 Å². The van der Waals surface area contributed by atoms with Crippen molar-refractivity contribution in [2.24, 2.45) is 0 Å². The van der Waals surface area contributed by atoms with Crippen molar-refractivity contribution in [2.75, 3.05) is 45.4 Å². The van der Waals surface area contributed by atoms with Crippen molar-refractivity contribution in [1.29, 1.82) is 0 Å². The fraction of sp³-hybridized carbons (Fsp3) is 0.733. The molecule has 0 atom stereocenters. The molecule has 0 unspecified atom stereocenters. The van der Waals surface area contributed by atoms with E-state index >= 15 is 0 Å². The number of aryl methyl sites for hydroxylation is 1.